The van der Waals surface area contributed by atoms with Crippen molar-refractivity contribution in [1.82, 2.24) is 4.90 Å². The average Bonchev–Trinajstić information content (AvgIpc) is 3.14. The molecule has 108 valence electrons. The van der Waals surface area contributed by atoms with Crippen LogP contribution in [0.25, 0.3) is 0 Å². The summed E-state index contributed by atoms with van der Waals surface area (Å²) in [7, 11) is 0. The molecule has 2 heterocycles. The van der Waals surface area contributed by atoms with Crippen molar-refractivity contribution in [2.75, 3.05) is 6.61 Å². The molecule has 0 aromatic carbocycles. The second-order valence-electron chi connectivity index (χ2n) is 5.42. The van der Waals surface area contributed by atoms with Crippen molar-refractivity contribution >= 4 is 23.2 Å². The Balaban J connectivity index is 2.04. The van der Waals surface area contributed by atoms with Crippen LogP contribution in [0.5, 0.6) is 0 Å². The summed E-state index contributed by atoms with van der Waals surface area (Å²) in [5, 5.41) is 9.41. The number of aryl methyl sites for hydroxylation is 2. The zero-order valence-corrected chi connectivity index (χ0v) is 12.3. The molecular formula is C14H17NO4S. The standard InChI is InChI=1S/C14H17NO4S/c1-7-5-10(8(2)20-7)12-13(14(17)18)19-6-11(16)15(12)9-3-4-9/h5,9,12-13H,3-4,6H2,1-2H3,(H,17,18). The maximum Gasteiger partial charge on any atom is 0.335 e. The molecule has 1 aliphatic carbocycles. The first kappa shape index (κ1) is 13.6. The molecule has 0 spiro atoms. The smallest absolute Gasteiger partial charge is 0.335 e. The van der Waals surface area contributed by atoms with Gasteiger partial charge in [-0.2, -0.15) is 0 Å². The van der Waals surface area contributed by atoms with Gasteiger partial charge in [0.2, 0.25) is 5.91 Å². The van der Waals surface area contributed by atoms with Crippen molar-refractivity contribution in [3.8, 4) is 0 Å². The highest BCUT2D eigenvalue weighted by Crippen LogP contribution is 2.42. The highest BCUT2D eigenvalue weighted by molar-refractivity contribution is 7.12. The van der Waals surface area contributed by atoms with E-state index in [9.17, 15) is 14.7 Å². The minimum atomic E-state index is -1.00. The minimum Gasteiger partial charge on any atom is -0.479 e. The molecule has 0 bridgehead atoms. The van der Waals surface area contributed by atoms with E-state index in [0.717, 1.165) is 28.2 Å². The Labute approximate surface area is 121 Å². The number of thiophene rings is 1. The van der Waals surface area contributed by atoms with Gasteiger partial charge in [0.1, 0.15) is 6.61 Å². The van der Waals surface area contributed by atoms with Crippen molar-refractivity contribution in [3.63, 3.8) is 0 Å². The lowest BCUT2D eigenvalue weighted by molar-refractivity contribution is -0.174. The van der Waals surface area contributed by atoms with E-state index in [0.29, 0.717) is 0 Å². The van der Waals surface area contributed by atoms with Crippen LogP contribution in [0.4, 0.5) is 0 Å². The molecule has 6 heteroatoms. The number of morpholine rings is 1. The predicted octanol–water partition coefficient (Wildman–Crippen LogP) is 1.88. The van der Waals surface area contributed by atoms with Crippen LogP contribution in [0.2, 0.25) is 0 Å². The monoisotopic (exact) mass is 295 g/mol. The van der Waals surface area contributed by atoms with E-state index in [1.54, 1.807) is 16.2 Å². The summed E-state index contributed by atoms with van der Waals surface area (Å²) >= 11 is 1.63. The van der Waals surface area contributed by atoms with E-state index in [1.807, 2.05) is 19.9 Å². The zero-order chi connectivity index (χ0) is 14.4. The summed E-state index contributed by atoms with van der Waals surface area (Å²) in [5.41, 5.74) is 0.917. The summed E-state index contributed by atoms with van der Waals surface area (Å²) in [6, 6.07) is 1.67. The van der Waals surface area contributed by atoms with Crippen LogP contribution in [-0.2, 0) is 14.3 Å². The van der Waals surface area contributed by atoms with E-state index in [2.05, 4.69) is 0 Å². The number of hydrogen-bond acceptors (Lipinski definition) is 4. The van der Waals surface area contributed by atoms with Crippen molar-refractivity contribution in [2.45, 2.75) is 44.9 Å². The van der Waals surface area contributed by atoms with Gasteiger partial charge in [-0.1, -0.05) is 0 Å². The molecule has 5 nitrogen and oxygen atoms in total. The van der Waals surface area contributed by atoms with E-state index in [-0.39, 0.29) is 18.6 Å². The summed E-state index contributed by atoms with van der Waals surface area (Å²) in [6.07, 6.45) is 0.939. The Hall–Kier alpha value is -1.40. The first-order valence-corrected chi connectivity index (χ1v) is 7.53. The van der Waals surface area contributed by atoms with Gasteiger partial charge in [0.15, 0.2) is 6.10 Å². The van der Waals surface area contributed by atoms with Crippen molar-refractivity contribution in [1.29, 1.82) is 0 Å². The molecule has 20 heavy (non-hydrogen) atoms. The highest BCUT2D eigenvalue weighted by atomic mass is 32.1. The van der Waals surface area contributed by atoms with Crippen molar-refractivity contribution < 1.29 is 19.4 Å². The topological polar surface area (TPSA) is 66.8 Å². The van der Waals surface area contributed by atoms with Crippen LogP contribution >= 0.6 is 11.3 Å². The number of amides is 1. The number of hydrogen-bond donors (Lipinski definition) is 1. The van der Waals surface area contributed by atoms with Gasteiger partial charge in [-0.3, -0.25) is 4.79 Å². The minimum absolute atomic E-state index is 0.0988. The van der Waals surface area contributed by atoms with Gasteiger partial charge in [-0.15, -0.1) is 11.3 Å². The molecule has 1 N–H and O–H groups in total. The van der Waals surface area contributed by atoms with Crippen molar-refractivity contribution in [3.05, 3.63) is 21.4 Å². The number of carbonyl (C=O) groups excluding carboxylic acids is 1. The summed E-state index contributed by atoms with van der Waals surface area (Å²) in [5.74, 6) is -1.10. The highest BCUT2D eigenvalue weighted by Gasteiger charge is 2.48. The SMILES string of the molecule is Cc1cc(C2C(C(=O)O)OCC(=O)N2C2CC2)c(C)s1. The second kappa shape index (κ2) is 4.86. The molecule has 0 radical (unpaired) electrons. The van der Waals surface area contributed by atoms with Crippen LogP contribution in [-0.4, -0.2) is 40.6 Å². The third kappa shape index (κ3) is 2.23. The predicted molar refractivity (Wildman–Crippen MR) is 73.8 cm³/mol. The maximum absolute atomic E-state index is 12.2. The molecule has 1 amide bonds. The van der Waals surface area contributed by atoms with Crippen LogP contribution in [0.3, 0.4) is 0 Å². The van der Waals surface area contributed by atoms with Gasteiger partial charge >= 0.3 is 5.97 Å². The van der Waals surface area contributed by atoms with Crippen LogP contribution in [0.15, 0.2) is 6.07 Å². The first-order chi connectivity index (χ1) is 9.49. The molecule has 3 rings (SSSR count). The fourth-order valence-electron chi connectivity index (χ4n) is 2.87. The normalized spacial score (nSPS) is 26.9. The molecule has 1 saturated heterocycles. The van der Waals surface area contributed by atoms with Crippen LogP contribution in [0, 0.1) is 13.8 Å². The number of carboxylic acid groups (broad SMARTS) is 1. The maximum atomic E-state index is 12.2. The Morgan fingerprint density at radius 1 is 1.45 bits per heavy atom. The first-order valence-electron chi connectivity index (χ1n) is 6.71. The third-order valence-electron chi connectivity index (χ3n) is 3.84. The molecule has 2 fully saturated rings. The quantitative estimate of drug-likeness (QED) is 0.924. The lowest BCUT2D eigenvalue weighted by Crippen LogP contribution is -2.52. The fraction of sp³-hybridized carbons (Fsp3) is 0.571. The Morgan fingerprint density at radius 2 is 2.15 bits per heavy atom. The molecule has 2 unspecified atom stereocenters. The van der Waals surface area contributed by atoms with E-state index in [1.165, 1.54) is 0 Å². The molecule has 2 aliphatic rings. The van der Waals surface area contributed by atoms with Gasteiger partial charge in [0.05, 0.1) is 6.04 Å². The number of ether oxygens (including phenoxy) is 1. The second-order valence-corrected chi connectivity index (χ2v) is 6.88. The number of aliphatic carboxylic acids is 1. The van der Waals surface area contributed by atoms with Gasteiger partial charge in [0, 0.05) is 15.8 Å². The lowest BCUT2D eigenvalue weighted by Gasteiger charge is -2.39. The average molecular weight is 295 g/mol. The molecule has 1 aromatic heterocycles. The molecule has 1 aromatic rings. The van der Waals surface area contributed by atoms with Crippen LogP contribution < -0.4 is 0 Å². The number of carboxylic acids is 1. The summed E-state index contributed by atoms with van der Waals surface area (Å²) in [4.78, 5) is 27.6. The van der Waals surface area contributed by atoms with Gasteiger partial charge in [-0.25, -0.2) is 4.79 Å². The van der Waals surface area contributed by atoms with Gasteiger partial charge in [0.25, 0.3) is 0 Å². The van der Waals surface area contributed by atoms with E-state index < -0.39 is 18.1 Å². The third-order valence-corrected chi connectivity index (χ3v) is 4.82. The Kier molecular flexibility index (Phi) is 3.30. The Bertz CT molecular complexity index is 564. The van der Waals surface area contributed by atoms with Gasteiger partial charge in [-0.05, 0) is 38.3 Å². The number of rotatable bonds is 3. The number of carbonyl (C=O) groups is 2. The Morgan fingerprint density at radius 3 is 2.65 bits per heavy atom. The fourth-order valence-corrected chi connectivity index (χ4v) is 3.84. The lowest BCUT2D eigenvalue weighted by atomic mass is 9.97. The van der Waals surface area contributed by atoms with Crippen LogP contribution in [0.1, 0.15) is 34.2 Å². The molecule has 1 saturated carbocycles. The molecule has 2 atom stereocenters. The zero-order valence-electron chi connectivity index (χ0n) is 11.5. The van der Waals surface area contributed by atoms with E-state index >= 15 is 0 Å². The van der Waals surface area contributed by atoms with Crippen molar-refractivity contribution in [2.24, 2.45) is 0 Å². The molecular weight excluding hydrogens is 278 g/mol. The van der Waals surface area contributed by atoms with E-state index in [4.69, 9.17) is 4.74 Å². The largest absolute Gasteiger partial charge is 0.479 e. The number of nitrogens with zero attached hydrogens (tertiary/aromatic N) is 1. The summed E-state index contributed by atoms with van der Waals surface area (Å²) in [6.45, 7) is 3.83. The van der Waals surface area contributed by atoms with Gasteiger partial charge < -0.3 is 14.7 Å². The summed E-state index contributed by atoms with van der Waals surface area (Å²) < 4.78 is 5.31. The molecule has 1 aliphatic heterocycles.